The predicted molar refractivity (Wildman–Crippen MR) is 246 cm³/mol. The Bertz CT molecular complexity index is 2980. The second-order valence-electron chi connectivity index (χ2n) is 14.7. The first-order valence-corrected chi connectivity index (χ1v) is 24.8. The summed E-state index contributed by atoms with van der Waals surface area (Å²) in [6.07, 6.45) is -0.270. The number of non-ortho nitro benzene ring substituents is 1. The number of nitrogens with two attached hydrogens (primary N) is 1. The second-order valence-corrected chi connectivity index (χ2v) is 19.1. The van der Waals surface area contributed by atoms with Crippen molar-refractivity contribution >= 4 is 80.4 Å². The van der Waals surface area contributed by atoms with Crippen LogP contribution in [0.5, 0.6) is 11.5 Å². The number of anilines is 2. The van der Waals surface area contributed by atoms with Crippen LogP contribution in [0, 0.1) is 22.0 Å². The minimum Gasteiger partial charge on any atom is -0.494 e. The van der Waals surface area contributed by atoms with Crippen LogP contribution < -0.4 is 25.4 Å². The zero-order chi connectivity index (χ0) is 50.8. The molecule has 3 aromatic carbocycles. The summed E-state index contributed by atoms with van der Waals surface area (Å²) in [7, 11) is -12.0. The lowest BCUT2D eigenvalue weighted by atomic mass is 10.2. The highest BCUT2D eigenvalue weighted by Gasteiger charge is 2.43. The fourth-order valence-electron chi connectivity index (χ4n) is 6.57. The van der Waals surface area contributed by atoms with Gasteiger partial charge in [0, 0.05) is 62.6 Å². The predicted octanol–water partition coefficient (Wildman–Crippen LogP) is 6.15. The van der Waals surface area contributed by atoms with Gasteiger partial charge in [0.25, 0.3) is 5.69 Å². The molecule has 0 radical (unpaired) electrons. The number of nitrogens with one attached hydrogen (secondary N) is 1. The molecule has 3 heterocycles. The van der Waals surface area contributed by atoms with Crippen LogP contribution in [0.25, 0.3) is 11.0 Å². The van der Waals surface area contributed by atoms with Crippen molar-refractivity contribution in [2.45, 2.75) is 37.7 Å². The maximum absolute atomic E-state index is 12.7. The summed E-state index contributed by atoms with van der Waals surface area (Å²) in [5.41, 5.74) is 9.19. The van der Waals surface area contributed by atoms with Gasteiger partial charge in [-0.2, -0.15) is 18.8 Å². The van der Waals surface area contributed by atoms with E-state index in [0.717, 1.165) is 5.69 Å². The van der Waals surface area contributed by atoms with Crippen LogP contribution in [0.15, 0.2) is 93.6 Å². The van der Waals surface area contributed by atoms with Crippen molar-refractivity contribution in [3.8, 4) is 23.3 Å². The summed E-state index contributed by atoms with van der Waals surface area (Å²) in [4.78, 5) is 70.0. The minimum absolute atomic E-state index is 0.0233. The highest BCUT2D eigenvalue weighted by Crippen LogP contribution is 2.66. The molecule has 6 rings (SSSR count). The summed E-state index contributed by atoms with van der Waals surface area (Å²) in [5.74, 6) is 6.30. The molecule has 1 amide bonds. The van der Waals surface area contributed by atoms with Crippen LogP contribution in [0.3, 0.4) is 0 Å². The lowest BCUT2D eigenvalue weighted by Gasteiger charge is -2.19. The van der Waals surface area contributed by atoms with Gasteiger partial charge in [-0.05, 0) is 42.8 Å². The maximum Gasteiger partial charge on any atom is 0.490 e. The molecule has 1 fully saturated rings. The number of azo groups is 2. The van der Waals surface area contributed by atoms with E-state index in [0.29, 0.717) is 58.2 Å². The van der Waals surface area contributed by atoms with Crippen molar-refractivity contribution in [2.75, 3.05) is 51.6 Å². The largest absolute Gasteiger partial charge is 0.494 e. The molecule has 70 heavy (non-hydrogen) atoms. The number of aliphatic hydroxyl groups is 1. The van der Waals surface area contributed by atoms with E-state index >= 15 is 0 Å². The molecule has 0 spiro atoms. The van der Waals surface area contributed by atoms with E-state index in [4.69, 9.17) is 29.7 Å². The first-order chi connectivity index (χ1) is 33.1. The number of rotatable bonds is 21. The number of amides is 1. The van der Waals surface area contributed by atoms with Gasteiger partial charge >= 0.3 is 23.5 Å². The third-order valence-electron chi connectivity index (χ3n) is 9.84. The number of phosphoric acid groups is 3. The van der Waals surface area contributed by atoms with Crippen molar-refractivity contribution < 1.29 is 75.4 Å². The molecule has 0 saturated carbocycles. The van der Waals surface area contributed by atoms with Crippen LogP contribution in [-0.4, -0.2) is 103 Å². The van der Waals surface area contributed by atoms with Crippen LogP contribution in [-0.2, 0) is 36.4 Å². The van der Waals surface area contributed by atoms with Crippen molar-refractivity contribution in [3.05, 3.63) is 88.9 Å². The molecule has 5 atom stereocenters. The summed E-state index contributed by atoms with van der Waals surface area (Å²) in [6.45, 7) is -0.354. The number of carbonyl (C=O) groups excluding carboxylic acids is 1. The van der Waals surface area contributed by atoms with Crippen LogP contribution in [0.4, 0.5) is 39.9 Å². The molecule has 0 bridgehead atoms. The smallest absolute Gasteiger partial charge is 0.490 e. The molecule has 372 valence electrons. The van der Waals surface area contributed by atoms with Crippen LogP contribution >= 0.6 is 23.5 Å². The molecule has 0 aliphatic carbocycles. The number of methoxy groups -OCH3 is 2. The molecular formula is C39H44N11O17P3. The van der Waals surface area contributed by atoms with Gasteiger partial charge in [-0.25, -0.2) is 23.7 Å². The maximum atomic E-state index is 12.7. The van der Waals surface area contributed by atoms with E-state index in [2.05, 4.69) is 60.7 Å². The minimum atomic E-state index is -5.75. The van der Waals surface area contributed by atoms with Gasteiger partial charge in [0.15, 0.2) is 0 Å². The lowest BCUT2D eigenvalue weighted by molar-refractivity contribution is -0.384. The molecule has 2 aromatic heterocycles. The Kier molecular flexibility index (Phi) is 17.3. The van der Waals surface area contributed by atoms with E-state index in [9.17, 15) is 43.5 Å². The number of hydrogen-bond donors (Lipinski definition) is 7. The van der Waals surface area contributed by atoms with E-state index in [1.54, 1.807) is 24.3 Å². The van der Waals surface area contributed by atoms with Gasteiger partial charge in [0.2, 0.25) is 5.91 Å². The monoisotopic (exact) mass is 1030 g/mol. The van der Waals surface area contributed by atoms with Gasteiger partial charge in [-0.15, -0.1) is 10.2 Å². The number of nitrogen functional groups attached to an aromatic ring is 1. The standard InChI is InChI=1S/C39H44N11O17P3/c1-48(27-12-8-25(9-13-27)44-46-29-18-33(63-3)30(19-32(29)62-2)47-45-26-10-14-28(15-11-26)50(53)54)17-5-7-35(52)41-16-4-6-24-21-49(39-37(24)38(40)42-23-43-39)36-20-31(51)34(65-36)22-64-69(58,59)67-70(60,61)66-68(55,56)57/h8-15,18-19,21,23,31,34,36,51H,5,7,16-17,20,22H2,1-3H3,(H,41,52)(H,58,59)(H,60,61)(H2,40,42,43)(H2,55,56,57)/t31-,34+,36+/m0/s1. The summed E-state index contributed by atoms with van der Waals surface area (Å²) in [5, 5.41) is 41.7. The molecule has 1 aliphatic rings. The third kappa shape index (κ3) is 14.5. The normalized spacial score (nSPS) is 17.7. The number of fused-ring (bicyclic) bond motifs is 1. The number of aliphatic hydroxyl groups excluding tert-OH is 1. The van der Waals surface area contributed by atoms with Gasteiger partial charge in [-0.1, -0.05) is 11.8 Å². The lowest BCUT2D eigenvalue weighted by Crippen LogP contribution is -2.26. The number of nitro benzene ring substituents is 1. The molecule has 5 aromatic rings. The third-order valence-corrected chi connectivity index (χ3v) is 13.6. The number of hydrogen-bond acceptors (Lipinski definition) is 21. The highest BCUT2D eigenvalue weighted by atomic mass is 31.3. The topological polar surface area (TPSA) is 389 Å². The Hall–Kier alpha value is -6.56. The van der Waals surface area contributed by atoms with Gasteiger partial charge in [0.05, 0.1) is 60.7 Å². The Morgan fingerprint density at radius 2 is 1.57 bits per heavy atom. The SMILES string of the molecule is COc1cc(N=Nc2ccc([N+](=O)[O-])cc2)c(OC)cc1N=Nc1ccc(N(C)CCCC(=O)NCC#Cc2cn([C@H]3C[C@H](O)[C@@H](COP(=O)(O)OP(=O)(O)OP(=O)(O)O)O3)c3ncnc(N)c23)cc1. The Morgan fingerprint density at radius 3 is 2.16 bits per heavy atom. The average Bonchev–Trinajstić information content (AvgIpc) is 3.87. The van der Waals surface area contributed by atoms with E-state index in [1.165, 1.54) is 55.6 Å². The van der Waals surface area contributed by atoms with Gasteiger partial charge < -0.3 is 59.4 Å². The summed E-state index contributed by atoms with van der Waals surface area (Å²) in [6, 6.07) is 16.0. The molecule has 1 saturated heterocycles. The number of benzene rings is 3. The zero-order valence-corrected chi connectivity index (χ0v) is 39.7. The van der Waals surface area contributed by atoms with Crippen LogP contribution in [0.2, 0.25) is 0 Å². The van der Waals surface area contributed by atoms with Crippen molar-refractivity contribution in [3.63, 3.8) is 0 Å². The second kappa shape index (κ2) is 22.9. The number of carbonyl (C=O) groups is 1. The molecule has 28 nitrogen and oxygen atoms in total. The Morgan fingerprint density at radius 1 is 0.957 bits per heavy atom. The quantitative estimate of drug-likeness (QED) is 0.0142. The molecular weight excluding hydrogens is 987 g/mol. The fourth-order valence-corrected chi connectivity index (χ4v) is 9.60. The summed E-state index contributed by atoms with van der Waals surface area (Å²) < 4.78 is 65.0. The van der Waals surface area contributed by atoms with Gasteiger partial charge in [0.1, 0.15) is 53.0 Å². The Balaban J connectivity index is 0.979. The van der Waals surface area contributed by atoms with Crippen LogP contribution in [0.1, 0.15) is 31.1 Å². The highest BCUT2D eigenvalue weighted by molar-refractivity contribution is 7.66. The van der Waals surface area contributed by atoms with Crippen molar-refractivity contribution in [2.24, 2.45) is 20.5 Å². The first kappa shape index (κ1) is 52.8. The number of phosphoric ester groups is 1. The molecule has 1 aliphatic heterocycles. The summed E-state index contributed by atoms with van der Waals surface area (Å²) >= 11 is 0. The molecule has 31 heteroatoms. The number of nitrogens with zero attached hydrogens (tertiary/aromatic N) is 9. The fraction of sp³-hybridized carbons (Fsp3) is 0.308. The van der Waals surface area contributed by atoms with Gasteiger partial charge in [-0.3, -0.25) is 19.4 Å². The molecule has 8 N–H and O–H groups in total. The van der Waals surface area contributed by atoms with Crippen molar-refractivity contribution in [1.82, 2.24) is 19.9 Å². The van der Waals surface area contributed by atoms with E-state index in [-0.39, 0.29) is 42.4 Å². The van der Waals surface area contributed by atoms with E-state index < -0.39 is 53.4 Å². The average molecular weight is 1030 g/mol. The number of ether oxygens (including phenoxy) is 3. The Labute approximate surface area is 396 Å². The zero-order valence-electron chi connectivity index (χ0n) is 37.0. The first-order valence-electron chi connectivity index (χ1n) is 20.3. The molecule has 2 unspecified atom stereocenters. The number of nitro groups is 1. The number of aromatic nitrogens is 3. The van der Waals surface area contributed by atoms with E-state index in [1.807, 2.05) is 24.1 Å². The van der Waals surface area contributed by atoms with Crippen molar-refractivity contribution in [1.29, 1.82) is 0 Å².